The largest absolute Gasteiger partial charge is 0.395 e. The molecule has 0 unspecified atom stereocenters. The number of aliphatic hydroxyl groups is 1. The highest BCUT2D eigenvalue weighted by Gasteiger charge is 2.13. The first-order valence-electron chi connectivity index (χ1n) is 4.48. The Kier molecular flexibility index (Phi) is 5.51. The summed E-state index contributed by atoms with van der Waals surface area (Å²) in [5.41, 5.74) is 0. The highest BCUT2D eigenvalue weighted by Crippen LogP contribution is 2.02. The minimum Gasteiger partial charge on any atom is -0.395 e. The summed E-state index contributed by atoms with van der Waals surface area (Å²) >= 11 is 0. The van der Waals surface area contributed by atoms with Gasteiger partial charge in [-0.3, -0.25) is 0 Å². The third kappa shape index (κ3) is 6.98. The molecule has 1 atom stereocenters. The Labute approximate surface area is 80.4 Å². The zero-order chi connectivity index (χ0) is 10.5. The molecule has 0 spiro atoms. The molecule has 0 aromatic carbocycles. The van der Waals surface area contributed by atoms with Crippen LogP contribution in [0.1, 0.15) is 27.2 Å². The first-order chi connectivity index (χ1) is 5.87. The number of nitrogens with one attached hydrogen (secondary N) is 1. The molecule has 0 heterocycles. The molecular weight excluding hydrogens is 190 g/mol. The van der Waals surface area contributed by atoms with Gasteiger partial charge in [0.15, 0.2) is 0 Å². The van der Waals surface area contributed by atoms with Crippen molar-refractivity contribution in [1.82, 2.24) is 4.72 Å². The van der Waals surface area contributed by atoms with Gasteiger partial charge in [0.25, 0.3) is 0 Å². The van der Waals surface area contributed by atoms with Gasteiger partial charge in [-0.1, -0.05) is 13.8 Å². The summed E-state index contributed by atoms with van der Waals surface area (Å²) in [6, 6.07) is -0.392. The van der Waals surface area contributed by atoms with Gasteiger partial charge in [0, 0.05) is 6.04 Å². The van der Waals surface area contributed by atoms with Crippen LogP contribution in [0.4, 0.5) is 0 Å². The number of rotatable bonds is 6. The quantitative estimate of drug-likeness (QED) is 0.662. The molecule has 0 aliphatic rings. The molecule has 4 nitrogen and oxygen atoms in total. The summed E-state index contributed by atoms with van der Waals surface area (Å²) in [5.74, 6) is 0.510. The Hall–Kier alpha value is -0.130. The Bertz CT molecular complexity index is 224. The third-order valence-electron chi connectivity index (χ3n) is 1.62. The number of hydrogen-bond acceptors (Lipinski definition) is 3. The lowest BCUT2D eigenvalue weighted by Gasteiger charge is -2.12. The molecule has 0 aromatic rings. The maximum absolute atomic E-state index is 11.3. The molecule has 2 N–H and O–H groups in total. The topological polar surface area (TPSA) is 66.4 Å². The van der Waals surface area contributed by atoms with Crippen molar-refractivity contribution in [3.05, 3.63) is 0 Å². The predicted molar refractivity (Wildman–Crippen MR) is 52.9 cm³/mol. The van der Waals surface area contributed by atoms with E-state index in [9.17, 15) is 8.42 Å². The van der Waals surface area contributed by atoms with Crippen molar-refractivity contribution in [2.45, 2.75) is 33.2 Å². The van der Waals surface area contributed by atoms with E-state index in [0.717, 1.165) is 0 Å². The van der Waals surface area contributed by atoms with Crippen molar-refractivity contribution in [2.24, 2.45) is 5.92 Å². The molecule has 0 saturated carbocycles. The molecule has 0 amide bonds. The fourth-order valence-corrected chi connectivity index (χ4v) is 2.38. The molecule has 80 valence electrons. The lowest BCUT2D eigenvalue weighted by molar-refractivity contribution is 0.265. The number of hydrogen-bond donors (Lipinski definition) is 2. The van der Waals surface area contributed by atoms with Gasteiger partial charge in [0.2, 0.25) is 10.0 Å². The van der Waals surface area contributed by atoms with E-state index in [2.05, 4.69) is 4.72 Å². The van der Waals surface area contributed by atoms with Crippen molar-refractivity contribution in [2.75, 3.05) is 12.4 Å². The van der Waals surface area contributed by atoms with Crippen LogP contribution in [-0.4, -0.2) is 31.9 Å². The maximum atomic E-state index is 11.3. The van der Waals surface area contributed by atoms with Crippen molar-refractivity contribution < 1.29 is 13.5 Å². The third-order valence-corrected chi connectivity index (χ3v) is 3.15. The van der Waals surface area contributed by atoms with E-state index in [0.29, 0.717) is 12.3 Å². The summed E-state index contributed by atoms with van der Waals surface area (Å²) in [4.78, 5) is 0. The molecule has 5 heteroatoms. The summed E-state index contributed by atoms with van der Waals surface area (Å²) in [5, 5.41) is 8.65. The molecule has 0 rings (SSSR count). The molecule has 0 aliphatic carbocycles. The van der Waals surface area contributed by atoms with Gasteiger partial charge in [0.1, 0.15) is 0 Å². The predicted octanol–water partition coefficient (Wildman–Crippen LogP) is 0.333. The van der Waals surface area contributed by atoms with Crippen molar-refractivity contribution in [1.29, 1.82) is 0 Å². The van der Waals surface area contributed by atoms with E-state index in [1.54, 1.807) is 6.92 Å². The summed E-state index contributed by atoms with van der Waals surface area (Å²) in [7, 11) is -3.20. The molecule has 0 aliphatic heterocycles. The second kappa shape index (κ2) is 5.57. The van der Waals surface area contributed by atoms with E-state index in [1.165, 1.54) is 0 Å². The van der Waals surface area contributed by atoms with E-state index >= 15 is 0 Å². The first-order valence-corrected chi connectivity index (χ1v) is 6.13. The molecule has 13 heavy (non-hydrogen) atoms. The van der Waals surface area contributed by atoms with Gasteiger partial charge in [0.05, 0.1) is 12.4 Å². The minimum atomic E-state index is -3.20. The Morgan fingerprint density at radius 2 is 1.85 bits per heavy atom. The number of sulfonamides is 1. The molecule has 0 bridgehead atoms. The van der Waals surface area contributed by atoms with Crippen LogP contribution in [-0.2, 0) is 10.0 Å². The van der Waals surface area contributed by atoms with Crippen molar-refractivity contribution in [3.63, 3.8) is 0 Å². The van der Waals surface area contributed by atoms with E-state index in [4.69, 9.17) is 5.11 Å². The van der Waals surface area contributed by atoms with Crippen LogP contribution in [0.15, 0.2) is 0 Å². The Morgan fingerprint density at radius 3 is 2.23 bits per heavy atom. The molecular formula is C8H19NO3S. The highest BCUT2D eigenvalue weighted by atomic mass is 32.2. The van der Waals surface area contributed by atoms with Crippen molar-refractivity contribution in [3.8, 4) is 0 Å². The summed E-state index contributed by atoms with van der Waals surface area (Å²) < 4.78 is 24.9. The standard InChI is InChI=1S/C8H19NO3S/c1-7(2)4-5-13(11,12)9-8(3)6-10/h7-10H,4-6H2,1-3H3/t8-/m1/s1. The van der Waals surface area contributed by atoms with E-state index in [1.807, 2.05) is 13.8 Å². The molecule has 0 aromatic heterocycles. The Morgan fingerprint density at radius 1 is 1.31 bits per heavy atom. The van der Waals surface area contributed by atoms with Gasteiger partial charge < -0.3 is 5.11 Å². The van der Waals surface area contributed by atoms with Gasteiger partial charge in [-0.05, 0) is 19.3 Å². The lowest BCUT2D eigenvalue weighted by Crippen LogP contribution is -2.36. The van der Waals surface area contributed by atoms with Crippen molar-refractivity contribution >= 4 is 10.0 Å². The second-order valence-electron chi connectivity index (χ2n) is 3.70. The second-order valence-corrected chi connectivity index (χ2v) is 5.58. The summed E-state index contributed by atoms with van der Waals surface area (Å²) in [6.45, 7) is 5.42. The average molecular weight is 209 g/mol. The van der Waals surface area contributed by atoms with Gasteiger partial charge >= 0.3 is 0 Å². The smallest absolute Gasteiger partial charge is 0.211 e. The zero-order valence-electron chi connectivity index (χ0n) is 8.45. The first kappa shape index (κ1) is 12.9. The lowest BCUT2D eigenvalue weighted by atomic mass is 10.2. The molecule has 0 saturated heterocycles. The fourth-order valence-electron chi connectivity index (χ4n) is 0.794. The van der Waals surface area contributed by atoms with E-state index in [-0.39, 0.29) is 12.4 Å². The minimum absolute atomic E-state index is 0.134. The van der Waals surface area contributed by atoms with Crippen LogP contribution < -0.4 is 4.72 Å². The van der Waals surface area contributed by atoms with Crippen LogP contribution in [0.25, 0.3) is 0 Å². The maximum Gasteiger partial charge on any atom is 0.211 e. The highest BCUT2D eigenvalue weighted by molar-refractivity contribution is 7.89. The van der Waals surface area contributed by atoms with Gasteiger partial charge in [-0.2, -0.15) is 0 Å². The van der Waals surface area contributed by atoms with Crippen LogP contribution in [0.3, 0.4) is 0 Å². The monoisotopic (exact) mass is 209 g/mol. The fraction of sp³-hybridized carbons (Fsp3) is 1.00. The Balaban J connectivity index is 3.95. The number of aliphatic hydroxyl groups excluding tert-OH is 1. The normalized spacial score (nSPS) is 14.8. The van der Waals surface area contributed by atoms with Crippen LogP contribution in [0, 0.1) is 5.92 Å². The van der Waals surface area contributed by atoms with Crippen LogP contribution in [0.5, 0.6) is 0 Å². The molecule has 0 fully saturated rings. The zero-order valence-corrected chi connectivity index (χ0v) is 9.26. The average Bonchev–Trinajstić information content (AvgIpc) is 2.00. The SMILES string of the molecule is CC(C)CCS(=O)(=O)N[C@H](C)CO. The molecule has 0 radical (unpaired) electrons. The van der Waals surface area contributed by atoms with Crippen LogP contribution >= 0.6 is 0 Å². The van der Waals surface area contributed by atoms with Gasteiger partial charge in [-0.15, -0.1) is 0 Å². The van der Waals surface area contributed by atoms with E-state index < -0.39 is 16.1 Å². The van der Waals surface area contributed by atoms with Crippen LogP contribution in [0.2, 0.25) is 0 Å². The van der Waals surface area contributed by atoms with Gasteiger partial charge in [-0.25, -0.2) is 13.1 Å². The summed E-state index contributed by atoms with van der Waals surface area (Å²) in [6.07, 6.45) is 0.646.